The highest BCUT2D eigenvalue weighted by molar-refractivity contribution is 14.1. The van der Waals surface area contributed by atoms with Gasteiger partial charge < -0.3 is 0 Å². The first-order valence-electron chi connectivity index (χ1n) is 3.61. The molecule has 0 spiro atoms. The van der Waals surface area contributed by atoms with E-state index in [2.05, 4.69) is 34.7 Å². The zero-order valence-corrected chi connectivity index (χ0v) is 10.1. The molecule has 0 fully saturated rings. The molecule has 13 heavy (non-hydrogen) atoms. The van der Waals surface area contributed by atoms with Crippen molar-refractivity contribution in [3.8, 4) is 0 Å². The fraction of sp³-hybridized carbons (Fsp3) is 0.250. The molecule has 0 saturated heterocycles. The predicted octanol–water partition coefficient (Wildman–Crippen LogP) is 2.19. The zero-order valence-electron chi connectivity index (χ0n) is 7.14. The molecule has 3 nitrogen and oxygen atoms in total. The summed E-state index contributed by atoms with van der Waals surface area (Å²) in [5.74, 6) is -0.201. The van der Waals surface area contributed by atoms with Crippen LogP contribution in [-0.4, -0.2) is 18.7 Å². The van der Waals surface area contributed by atoms with Gasteiger partial charge in [0.1, 0.15) is 0 Å². The topological polar surface area (TPSA) is 54.4 Å². The van der Waals surface area contributed by atoms with Crippen LogP contribution in [0.15, 0.2) is 30.3 Å². The third-order valence-corrected chi connectivity index (χ3v) is 2.55. The Kier molecular flexibility index (Phi) is 6.27. The number of hydrogen-bond donors (Lipinski definition) is 1. The minimum absolute atomic E-state index is 0.201. The lowest BCUT2D eigenvalue weighted by Gasteiger charge is -1.80. The molecule has 0 bridgehead atoms. The first kappa shape index (κ1) is 12.9. The van der Waals surface area contributed by atoms with E-state index in [1.54, 1.807) is 0 Å². The normalized spacial score (nSPS) is 10.1. The second-order valence-corrected chi connectivity index (χ2v) is 5.15. The van der Waals surface area contributed by atoms with Crippen LogP contribution < -0.4 is 0 Å². The Balaban J connectivity index is 0.000000226. The summed E-state index contributed by atoms with van der Waals surface area (Å²) in [7, 11) is -3.66. The number of hydrogen-bond acceptors (Lipinski definition) is 2. The number of rotatable bonds is 1. The Morgan fingerprint density at radius 1 is 1.31 bits per heavy atom. The van der Waals surface area contributed by atoms with Crippen LogP contribution in [0.5, 0.6) is 0 Å². The standard InChI is InChI=1S/C6H5I.C2H6O3S/c7-6-4-2-1-3-5-6;1-2-6(3,4)5/h1-5H;2H2,1H3,(H,3,4,5). The monoisotopic (exact) mass is 314 g/mol. The maximum atomic E-state index is 9.56. The lowest BCUT2D eigenvalue weighted by atomic mass is 10.4. The molecule has 0 aliphatic rings. The van der Waals surface area contributed by atoms with Crippen molar-refractivity contribution in [2.45, 2.75) is 6.92 Å². The van der Waals surface area contributed by atoms with E-state index >= 15 is 0 Å². The van der Waals surface area contributed by atoms with E-state index in [1.807, 2.05) is 18.2 Å². The summed E-state index contributed by atoms with van der Waals surface area (Å²) in [6.45, 7) is 1.37. The van der Waals surface area contributed by atoms with Gasteiger partial charge >= 0.3 is 0 Å². The molecule has 0 unspecified atom stereocenters. The van der Waals surface area contributed by atoms with E-state index in [4.69, 9.17) is 4.55 Å². The van der Waals surface area contributed by atoms with Gasteiger partial charge in [0.25, 0.3) is 10.1 Å². The minimum Gasteiger partial charge on any atom is -0.286 e. The molecular weight excluding hydrogens is 303 g/mol. The average Bonchev–Trinajstić information content (AvgIpc) is 2.06. The van der Waals surface area contributed by atoms with Gasteiger partial charge in [-0.15, -0.1) is 0 Å². The van der Waals surface area contributed by atoms with Crippen molar-refractivity contribution in [2.75, 3.05) is 5.75 Å². The van der Waals surface area contributed by atoms with Gasteiger partial charge in [0, 0.05) is 3.57 Å². The molecule has 1 aromatic carbocycles. The lowest BCUT2D eigenvalue weighted by Crippen LogP contribution is -1.97. The molecule has 0 radical (unpaired) electrons. The van der Waals surface area contributed by atoms with Gasteiger partial charge in [-0.25, -0.2) is 0 Å². The van der Waals surface area contributed by atoms with Crippen LogP contribution in [0.1, 0.15) is 6.92 Å². The predicted molar refractivity (Wildman–Crippen MR) is 61.2 cm³/mol. The Labute approximate surface area is 92.1 Å². The van der Waals surface area contributed by atoms with Crippen LogP contribution in [-0.2, 0) is 10.1 Å². The molecule has 0 aromatic heterocycles. The van der Waals surface area contributed by atoms with Gasteiger partial charge in [0.2, 0.25) is 0 Å². The smallest absolute Gasteiger partial charge is 0.264 e. The number of benzene rings is 1. The Bertz CT molecular complexity index is 321. The zero-order chi connectivity index (χ0) is 10.3. The largest absolute Gasteiger partial charge is 0.286 e. The van der Waals surface area contributed by atoms with Gasteiger partial charge in [0.15, 0.2) is 0 Å². The van der Waals surface area contributed by atoms with Gasteiger partial charge in [-0.3, -0.25) is 4.55 Å². The van der Waals surface area contributed by atoms with E-state index in [1.165, 1.54) is 10.5 Å². The summed E-state index contributed by atoms with van der Waals surface area (Å²) in [6.07, 6.45) is 0. The molecule has 1 aromatic rings. The van der Waals surface area contributed by atoms with Crippen LogP contribution >= 0.6 is 22.6 Å². The Hall–Kier alpha value is -0.140. The SMILES string of the molecule is CCS(=O)(=O)O.Ic1ccccc1. The fourth-order valence-corrected chi connectivity index (χ4v) is 0.830. The van der Waals surface area contributed by atoms with Gasteiger partial charge in [-0.1, -0.05) is 18.2 Å². The van der Waals surface area contributed by atoms with Crippen LogP contribution in [0.25, 0.3) is 0 Å². The molecule has 0 saturated carbocycles. The summed E-state index contributed by atoms with van der Waals surface area (Å²) in [6, 6.07) is 10.2. The van der Waals surface area contributed by atoms with Crippen molar-refractivity contribution < 1.29 is 13.0 Å². The molecule has 0 heterocycles. The van der Waals surface area contributed by atoms with Crippen molar-refractivity contribution in [1.29, 1.82) is 0 Å². The third-order valence-electron chi connectivity index (χ3n) is 1.10. The van der Waals surface area contributed by atoms with E-state index in [0.29, 0.717) is 0 Å². The van der Waals surface area contributed by atoms with E-state index in [-0.39, 0.29) is 5.75 Å². The molecule has 0 amide bonds. The van der Waals surface area contributed by atoms with E-state index in [9.17, 15) is 8.42 Å². The molecule has 1 N–H and O–H groups in total. The highest BCUT2D eigenvalue weighted by atomic mass is 127. The second-order valence-electron chi connectivity index (χ2n) is 2.17. The maximum Gasteiger partial charge on any atom is 0.264 e. The second kappa shape index (κ2) is 6.33. The summed E-state index contributed by atoms with van der Waals surface area (Å²) in [4.78, 5) is 0. The highest BCUT2D eigenvalue weighted by Crippen LogP contribution is 1.99. The summed E-state index contributed by atoms with van der Waals surface area (Å²) >= 11 is 2.28. The van der Waals surface area contributed by atoms with Crippen molar-refractivity contribution in [3.05, 3.63) is 33.9 Å². The summed E-state index contributed by atoms with van der Waals surface area (Å²) < 4.78 is 28.2. The lowest BCUT2D eigenvalue weighted by molar-refractivity contribution is 0.484. The van der Waals surface area contributed by atoms with Crippen LogP contribution in [0.2, 0.25) is 0 Å². The van der Waals surface area contributed by atoms with Crippen LogP contribution in [0.3, 0.4) is 0 Å². The molecule has 0 aliphatic carbocycles. The molecular formula is C8H11IO3S. The minimum atomic E-state index is -3.66. The molecule has 0 atom stereocenters. The van der Waals surface area contributed by atoms with Gasteiger partial charge in [-0.2, -0.15) is 8.42 Å². The average molecular weight is 314 g/mol. The van der Waals surface area contributed by atoms with Crippen LogP contribution in [0.4, 0.5) is 0 Å². The Morgan fingerprint density at radius 3 is 1.85 bits per heavy atom. The van der Waals surface area contributed by atoms with Crippen molar-refractivity contribution in [1.82, 2.24) is 0 Å². The summed E-state index contributed by atoms with van der Waals surface area (Å²) in [5, 5.41) is 0. The quantitative estimate of drug-likeness (QED) is 0.638. The summed E-state index contributed by atoms with van der Waals surface area (Å²) in [5.41, 5.74) is 0. The first-order chi connectivity index (χ1) is 5.95. The molecule has 0 aliphatic heterocycles. The van der Waals surface area contributed by atoms with E-state index < -0.39 is 10.1 Å². The highest BCUT2D eigenvalue weighted by Gasteiger charge is 1.93. The first-order valence-corrected chi connectivity index (χ1v) is 6.30. The van der Waals surface area contributed by atoms with Crippen molar-refractivity contribution in [3.63, 3.8) is 0 Å². The Morgan fingerprint density at radius 2 is 1.69 bits per heavy atom. The molecule has 5 heteroatoms. The maximum absolute atomic E-state index is 9.56. The van der Waals surface area contributed by atoms with E-state index in [0.717, 1.165) is 0 Å². The molecule has 74 valence electrons. The fourth-order valence-electron chi connectivity index (χ4n) is 0.415. The third kappa shape index (κ3) is 9.78. The number of halogens is 1. The van der Waals surface area contributed by atoms with Gasteiger partial charge in [-0.05, 0) is 41.6 Å². The molecule has 1 rings (SSSR count). The van der Waals surface area contributed by atoms with Crippen molar-refractivity contribution >= 4 is 32.7 Å². The van der Waals surface area contributed by atoms with Crippen LogP contribution in [0, 0.1) is 3.57 Å². The van der Waals surface area contributed by atoms with Crippen molar-refractivity contribution in [2.24, 2.45) is 0 Å². The van der Waals surface area contributed by atoms with Gasteiger partial charge in [0.05, 0.1) is 5.75 Å².